The molecule has 0 bridgehead atoms. The molecule has 0 radical (unpaired) electrons. The van der Waals surface area contributed by atoms with Crippen LogP contribution in [0.3, 0.4) is 0 Å². The average molecular weight is 188 g/mol. The molecule has 0 saturated carbocycles. The summed E-state index contributed by atoms with van der Waals surface area (Å²) in [6.45, 7) is 8.00. The highest BCUT2D eigenvalue weighted by Gasteiger charge is 2.22. The minimum absolute atomic E-state index is 0.219. The summed E-state index contributed by atoms with van der Waals surface area (Å²) in [5, 5.41) is 0. The minimum Gasteiger partial charge on any atom is -0.143 e. The Morgan fingerprint density at radius 1 is 1.55 bits per heavy atom. The normalized spacial score (nSPS) is 15.2. The zero-order valence-corrected chi connectivity index (χ0v) is 9.15. The Kier molecular flexibility index (Phi) is 5.93. The van der Waals surface area contributed by atoms with Gasteiger partial charge in [-0.1, -0.05) is 20.4 Å². The van der Waals surface area contributed by atoms with Crippen molar-refractivity contribution < 1.29 is 0 Å². The fourth-order valence-corrected chi connectivity index (χ4v) is 3.08. The lowest BCUT2D eigenvalue weighted by Crippen LogP contribution is -2.14. The van der Waals surface area contributed by atoms with Crippen LogP contribution in [0.2, 0.25) is 0 Å². The average Bonchev–Trinajstić information content (AvgIpc) is 2.04. The van der Waals surface area contributed by atoms with E-state index in [2.05, 4.69) is 38.5 Å². The van der Waals surface area contributed by atoms with Gasteiger partial charge in [0.2, 0.25) is 0 Å². The van der Waals surface area contributed by atoms with Crippen molar-refractivity contribution in [1.29, 1.82) is 0 Å². The molecule has 0 aromatic carbocycles. The van der Waals surface area contributed by atoms with Crippen molar-refractivity contribution in [3.8, 4) is 0 Å². The van der Waals surface area contributed by atoms with Gasteiger partial charge in [0.15, 0.2) is 0 Å². The molecule has 0 N–H and O–H groups in total. The fraction of sp³-hybridized carbons (Fsp3) is 0.667. The molecule has 11 heavy (non-hydrogen) atoms. The Bertz CT molecular complexity index is 142. The second kappa shape index (κ2) is 5.82. The second-order valence-corrected chi connectivity index (χ2v) is 5.14. The van der Waals surface area contributed by atoms with Crippen molar-refractivity contribution in [3.63, 3.8) is 0 Å². The zero-order valence-electron chi connectivity index (χ0n) is 7.52. The first-order chi connectivity index (χ1) is 5.24. The molecule has 0 nitrogen and oxygen atoms in total. The van der Waals surface area contributed by atoms with Gasteiger partial charge in [-0.3, -0.25) is 0 Å². The van der Waals surface area contributed by atoms with Crippen LogP contribution in [0.15, 0.2) is 18.4 Å². The van der Waals surface area contributed by atoms with Crippen molar-refractivity contribution in [3.05, 3.63) is 18.4 Å². The van der Waals surface area contributed by atoms with Crippen molar-refractivity contribution in [2.45, 2.75) is 24.3 Å². The topological polar surface area (TPSA) is 0 Å². The maximum Gasteiger partial charge on any atom is 0.0858 e. The van der Waals surface area contributed by atoms with E-state index in [1.54, 1.807) is 0 Å². The van der Waals surface area contributed by atoms with Crippen molar-refractivity contribution >= 4 is 23.5 Å². The molecule has 0 amide bonds. The molecular formula is C9H16S2. The molecule has 1 atom stereocenters. The van der Waals surface area contributed by atoms with E-state index in [1.807, 2.05) is 23.5 Å². The van der Waals surface area contributed by atoms with Gasteiger partial charge >= 0.3 is 0 Å². The van der Waals surface area contributed by atoms with E-state index >= 15 is 0 Å². The lowest BCUT2D eigenvalue weighted by atomic mass is 10.3. The summed E-state index contributed by atoms with van der Waals surface area (Å²) in [6, 6.07) is 0. The number of hydrogen-bond donors (Lipinski definition) is 0. The first kappa shape index (κ1) is 11.2. The molecule has 0 rings (SSSR count). The molecule has 0 saturated heterocycles. The Balaban J connectivity index is 4.31. The van der Waals surface area contributed by atoms with E-state index in [1.165, 1.54) is 0 Å². The van der Waals surface area contributed by atoms with Gasteiger partial charge in [0.25, 0.3) is 0 Å². The van der Waals surface area contributed by atoms with Crippen LogP contribution in [0, 0.1) is 0 Å². The Morgan fingerprint density at radius 2 is 2.18 bits per heavy atom. The quantitative estimate of drug-likeness (QED) is 0.478. The van der Waals surface area contributed by atoms with E-state index < -0.39 is 0 Å². The highest BCUT2D eigenvalue weighted by atomic mass is 32.2. The summed E-state index contributed by atoms with van der Waals surface area (Å²) in [7, 11) is 0. The first-order valence-electron chi connectivity index (χ1n) is 3.80. The lowest BCUT2D eigenvalue weighted by Gasteiger charge is -2.24. The van der Waals surface area contributed by atoms with Crippen LogP contribution in [0.25, 0.3) is 0 Å². The molecule has 0 spiro atoms. The molecular weight excluding hydrogens is 172 g/mol. The van der Waals surface area contributed by atoms with Crippen LogP contribution in [0.4, 0.5) is 0 Å². The third kappa shape index (κ3) is 3.42. The standard InChI is InChI=1S/C9H16S2/c1-5-8-9(6-2,10-4)11-7-3/h8H,1,6-7H2,2-4H3. The SMILES string of the molecule is C=C=CC(CC)(SC)SCC. The summed E-state index contributed by atoms with van der Waals surface area (Å²) >= 11 is 3.82. The van der Waals surface area contributed by atoms with E-state index in [0.29, 0.717) is 0 Å². The van der Waals surface area contributed by atoms with E-state index in [4.69, 9.17) is 0 Å². The monoisotopic (exact) mass is 188 g/mol. The molecule has 0 fully saturated rings. The van der Waals surface area contributed by atoms with Crippen molar-refractivity contribution in [2.24, 2.45) is 0 Å². The van der Waals surface area contributed by atoms with Gasteiger partial charge in [-0.15, -0.1) is 29.3 Å². The Morgan fingerprint density at radius 3 is 2.45 bits per heavy atom. The maximum atomic E-state index is 3.62. The summed E-state index contributed by atoms with van der Waals surface area (Å²) < 4.78 is 0.219. The Labute approximate surface area is 78.5 Å². The number of thioether (sulfide) groups is 2. The molecule has 0 aliphatic heterocycles. The van der Waals surface area contributed by atoms with Gasteiger partial charge in [-0.05, 0) is 24.5 Å². The predicted molar refractivity (Wildman–Crippen MR) is 58.4 cm³/mol. The summed E-state index contributed by atoms with van der Waals surface area (Å²) in [4.78, 5) is 0. The van der Waals surface area contributed by atoms with Crippen LogP contribution in [0.1, 0.15) is 20.3 Å². The molecule has 0 aliphatic carbocycles. The molecule has 0 aromatic rings. The van der Waals surface area contributed by atoms with Crippen LogP contribution < -0.4 is 0 Å². The van der Waals surface area contributed by atoms with Crippen LogP contribution in [0.5, 0.6) is 0 Å². The second-order valence-electron chi connectivity index (χ2n) is 2.15. The fourth-order valence-electron chi connectivity index (χ4n) is 0.908. The summed E-state index contributed by atoms with van der Waals surface area (Å²) in [6.07, 6.45) is 5.35. The van der Waals surface area contributed by atoms with Crippen molar-refractivity contribution in [2.75, 3.05) is 12.0 Å². The number of rotatable bonds is 5. The molecule has 0 aromatic heterocycles. The van der Waals surface area contributed by atoms with Gasteiger partial charge in [0.05, 0.1) is 4.08 Å². The zero-order chi connectivity index (χ0) is 8.74. The van der Waals surface area contributed by atoms with E-state index in [-0.39, 0.29) is 4.08 Å². The van der Waals surface area contributed by atoms with Gasteiger partial charge in [0, 0.05) is 0 Å². The van der Waals surface area contributed by atoms with Crippen molar-refractivity contribution in [1.82, 2.24) is 0 Å². The van der Waals surface area contributed by atoms with Crippen LogP contribution in [-0.4, -0.2) is 16.1 Å². The maximum absolute atomic E-state index is 3.62. The summed E-state index contributed by atoms with van der Waals surface area (Å²) in [5.74, 6) is 1.15. The highest BCUT2D eigenvalue weighted by molar-refractivity contribution is 8.18. The van der Waals surface area contributed by atoms with Gasteiger partial charge in [-0.25, -0.2) is 0 Å². The Hall–Kier alpha value is 0.220. The number of hydrogen-bond acceptors (Lipinski definition) is 2. The summed E-state index contributed by atoms with van der Waals surface area (Å²) in [5.41, 5.74) is 2.88. The minimum atomic E-state index is 0.219. The molecule has 64 valence electrons. The molecule has 2 heteroatoms. The third-order valence-corrected chi connectivity index (χ3v) is 4.68. The first-order valence-corrected chi connectivity index (χ1v) is 6.01. The van der Waals surface area contributed by atoms with Gasteiger partial charge in [0.1, 0.15) is 0 Å². The predicted octanol–water partition coefficient (Wildman–Crippen LogP) is 3.55. The largest absolute Gasteiger partial charge is 0.143 e. The molecule has 0 aliphatic rings. The lowest BCUT2D eigenvalue weighted by molar-refractivity contribution is 0.923. The molecule has 0 heterocycles. The smallest absolute Gasteiger partial charge is 0.0858 e. The third-order valence-electron chi connectivity index (χ3n) is 1.55. The van der Waals surface area contributed by atoms with Crippen LogP contribution in [-0.2, 0) is 0 Å². The van der Waals surface area contributed by atoms with E-state index in [9.17, 15) is 0 Å². The molecule has 1 unspecified atom stereocenters. The van der Waals surface area contributed by atoms with Gasteiger partial charge < -0.3 is 0 Å². The highest BCUT2D eigenvalue weighted by Crippen LogP contribution is 2.39. The van der Waals surface area contributed by atoms with Crippen LogP contribution >= 0.6 is 23.5 Å². The van der Waals surface area contributed by atoms with Gasteiger partial charge in [-0.2, -0.15) is 0 Å². The van der Waals surface area contributed by atoms with E-state index in [0.717, 1.165) is 12.2 Å².